The third kappa shape index (κ3) is 5.47. The van der Waals surface area contributed by atoms with Crippen LogP contribution in [0.2, 0.25) is 10.2 Å². The Morgan fingerprint density at radius 3 is 2.44 bits per heavy atom. The van der Waals surface area contributed by atoms with Crippen LogP contribution in [0.4, 0.5) is 0 Å². The summed E-state index contributed by atoms with van der Waals surface area (Å²) in [7, 11) is 0. The Labute approximate surface area is 219 Å². The Hall–Kier alpha value is -3.16. The van der Waals surface area contributed by atoms with Gasteiger partial charge in [0.1, 0.15) is 10.9 Å². The van der Waals surface area contributed by atoms with Crippen LogP contribution in [0, 0.1) is 5.41 Å². The number of aromatic nitrogens is 2. The highest BCUT2D eigenvalue weighted by Crippen LogP contribution is 2.49. The van der Waals surface area contributed by atoms with E-state index in [1.54, 1.807) is 54.6 Å². The number of likely N-dealkylation sites (tertiary alicyclic amines) is 1. The van der Waals surface area contributed by atoms with E-state index in [0.29, 0.717) is 46.2 Å². The van der Waals surface area contributed by atoms with Gasteiger partial charge in [-0.1, -0.05) is 29.3 Å². The molecule has 2 aliphatic rings. The van der Waals surface area contributed by atoms with Gasteiger partial charge in [0, 0.05) is 37.0 Å². The molecule has 3 heterocycles. The summed E-state index contributed by atoms with van der Waals surface area (Å²) < 4.78 is 5.71. The molecule has 9 heteroatoms. The molecular weight excluding hydrogens is 499 g/mol. The van der Waals surface area contributed by atoms with Crippen LogP contribution in [0.3, 0.4) is 0 Å². The topological polar surface area (TPSA) is 84.4 Å². The second-order valence-electron chi connectivity index (χ2n) is 9.38. The molecule has 0 radical (unpaired) electrons. The molecule has 1 aromatic carbocycles. The average molecular weight is 525 g/mol. The summed E-state index contributed by atoms with van der Waals surface area (Å²) in [6.45, 7) is 1.35. The van der Waals surface area contributed by atoms with E-state index in [4.69, 9.17) is 27.9 Å². The molecule has 5 rings (SSSR count). The lowest BCUT2D eigenvalue weighted by atomic mass is 9.59. The van der Waals surface area contributed by atoms with E-state index in [9.17, 15) is 9.59 Å². The normalized spacial score (nSPS) is 18.4. The summed E-state index contributed by atoms with van der Waals surface area (Å²) in [6.07, 6.45) is 5.52. The fraction of sp³-hybridized carbons (Fsp3) is 0.333. The smallest absolute Gasteiger partial charge is 0.253 e. The monoisotopic (exact) mass is 524 g/mol. The van der Waals surface area contributed by atoms with E-state index in [1.807, 2.05) is 4.90 Å². The van der Waals surface area contributed by atoms with E-state index >= 15 is 0 Å². The number of pyridine rings is 2. The second-order valence-corrected chi connectivity index (χ2v) is 10.2. The van der Waals surface area contributed by atoms with Crippen molar-refractivity contribution in [3.8, 4) is 11.6 Å². The predicted octanol–water partition coefficient (Wildman–Crippen LogP) is 5.32. The van der Waals surface area contributed by atoms with Crippen molar-refractivity contribution in [1.82, 2.24) is 20.2 Å². The maximum Gasteiger partial charge on any atom is 0.253 e. The number of ether oxygens (including phenoxy) is 1. The number of hydrogen-bond donors (Lipinski definition) is 1. The molecule has 36 heavy (non-hydrogen) atoms. The van der Waals surface area contributed by atoms with Crippen LogP contribution in [-0.2, 0) is 11.2 Å². The fourth-order valence-corrected chi connectivity index (χ4v) is 5.32. The van der Waals surface area contributed by atoms with E-state index in [0.717, 1.165) is 25.7 Å². The first kappa shape index (κ1) is 24.5. The maximum atomic E-state index is 13.1. The SMILES string of the molecule is O=C(Cc1cccc(Cl)n1)NC1CCC12CCN(C(=O)c1ccc(Oc3ccc(Cl)cn3)cc1)CC2. The van der Waals surface area contributed by atoms with E-state index in [1.165, 1.54) is 6.20 Å². The Bertz CT molecular complexity index is 1240. The van der Waals surface area contributed by atoms with Crippen molar-refractivity contribution in [2.45, 2.75) is 38.1 Å². The number of rotatable bonds is 6. The van der Waals surface area contributed by atoms with Crippen LogP contribution in [-0.4, -0.2) is 45.8 Å². The number of amides is 2. The van der Waals surface area contributed by atoms with Crippen molar-refractivity contribution in [3.05, 3.63) is 82.2 Å². The minimum atomic E-state index is -0.0385. The van der Waals surface area contributed by atoms with Gasteiger partial charge in [-0.05, 0) is 73.6 Å². The van der Waals surface area contributed by atoms with Crippen molar-refractivity contribution in [2.24, 2.45) is 5.41 Å². The van der Waals surface area contributed by atoms with Crippen LogP contribution >= 0.6 is 23.2 Å². The number of nitrogens with one attached hydrogen (secondary N) is 1. The van der Waals surface area contributed by atoms with Gasteiger partial charge in [0.2, 0.25) is 11.8 Å². The Morgan fingerprint density at radius 2 is 1.81 bits per heavy atom. The van der Waals surface area contributed by atoms with Crippen LogP contribution < -0.4 is 10.1 Å². The van der Waals surface area contributed by atoms with E-state index in [2.05, 4.69) is 15.3 Å². The lowest BCUT2D eigenvalue weighted by molar-refractivity contribution is -0.124. The van der Waals surface area contributed by atoms with Crippen molar-refractivity contribution in [3.63, 3.8) is 0 Å². The van der Waals surface area contributed by atoms with Gasteiger partial charge in [-0.3, -0.25) is 9.59 Å². The first-order chi connectivity index (χ1) is 17.4. The highest BCUT2D eigenvalue weighted by atomic mass is 35.5. The molecule has 186 valence electrons. The lowest BCUT2D eigenvalue weighted by Crippen LogP contribution is -2.59. The Kier molecular flexibility index (Phi) is 7.12. The standard InChI is InChI=1S/C27H26Cl2N4O3/c28-19-6-9-25(30-17-19)36-21-7-4-18(5-8-21)26(35)33-14-12-27(13-15-33)11-10-22(27)32-24(34)16-20-2-1-3-23(29)31-20/h1-9,17,22H,10-16H2,(H,32,34). The highest BCUT2D eigenvalue weighted by molar-refractivity contribution is 6.30. The molecule has 3 aromatic rings. The molecular formula is C27H26Cl2N4O3. The van der Waals surface area contributed by atoms with Gasteiger partial charge in [-0.15, -0.1) is 0 Å². The number of benzene rings is 1. The van der Waals surface area contributed by atoms with Crippen LogP contribution in [0.25, 0.3) is 0 Å². The van der Waals surface area contributed by atoms with E-state index < -0.39 is 0 Å². The van der Waals surface area contributed by atoms with Gasteiger partial charge in [0.05, 0.1) is 17.1 Å². The number of halogens is 2. The maximum absolute atomic E-state index is 13.1. The van der Waals surface area contributed by atoms with Crippen molar-refractivity contribution in [2.75, 3.05) is 13.1 Å². The number of carbonyl (C=O) groups excluding carboxylic acids is 2. The van der Waals surface area contributed by atoms with Crippen molar-refractivity contribution in [1.29, 1.82) is 0 Å². The minimum absolute atomic E-state index is 0.00737. The molecule has 1 N–H and O–H groups in total. The molecule has 1 aliphatic carbocycles. The first-order valence-electron chi connectivity index (χ1n) is 12.0. The summed E-state index contributed by atoms with van der Waals surface area (Å²) in [5, 5.41) is 4.12. The summed E-state index contributed by atoms with van der Waals surface area (Å²) in [5.41, 5.74) is 1.35. The lowest BCUT2D eigenvalue weighted by Gasteiger charge is -2.54. The molecule has 1 aliphatic heterocycles. The molecule has 7 nitrogen and oxygen atoms in total. The zero-order valence-corrected chi connectivity index (χ0v) is 21.1. The van der Waals surface area contributed by atoms with Gasteiger partial charge in [-0.25, -0.2) is 9.97 Å². The first-order valence-corrected chi connectivity index (χ1v) is 12.8. The zero-order valence-electron chi connectivity index (χ0n) is 19.6. The molecule has 1 atom stereocenters. The van der Waals surface area contributed by atoms with Crippen LogP contribution in [0.1, 0.15) is 41.7 Å². The third-order valence-electron chi connectivity index (χ3n) is 7.19. The highest BCUT2D eigenvalue weighted by Gasteiger charge is 2.49. The Morgan fingerprint density at radius 1 is 1.03 bits per heavy atom. The summed E-state index contributed by atoms with van der Waals surface area (Å²) in [4.78, 5) is 35.9. The van der Waals surface area contributed by atoms with Crippen LogP contribution in [0.15, 0.2) is 60.8 Å². The summed E-state index contributed by atoms with van der Waals surface area (Å²) in [5.74, 6) is 1.00. The van der Waals surface area contributed by atoms with Gasteiger partial charge in [-0.2, -0.15) is 0 Å². The molecule has 2 fully saturated rings. The van der Waals surface area contributed by atoms with Crippen molar-refractivity contribution < 1.29 is 14.3 Å². The summed E-state index contributed by atoms with van der Waals surface area (Å²) >= 11 is 11.8. The third-order valence-corrected chi connectivity index (χ3v) is 7.62. The average Bonchev–Trinajstić information content (AvgIpc) is 2.88. The minimum Gasteiger partial charge on any atom is -0.439 e. The number of nitrogens with zero attached hydrogens (tertiary/aromatic N) is 3. The predicted molar refractivity (Wildman–Crippen MR) is 137 cm³/mol. The van der Waals surface area contributed by atoms with E-state index in [-0.39, 0.29) is 29.7 Å². The van der Waals surface area contributed by atoms with Crippen LogP contribution in [0.5, 0.6) is 11.6 Å². The molecule has 1 spiro atoms. The second kappa shape index (κ2) is 10.4. The molecule has 1 unspecified atom stereocenters. The van der Waals surface area contributed by atoms with Gasteiger partial charge >= 0.3 is 0 Å². The number of piperidine rings is 1. The number of hydrogen-bond acceptors (Lipinski definition) is 5. The Balaban J connectivity index is 1.13. The van der Waals surface area contributed by atoms with Gasteiger partial charge < -0.3 is 15.0 Å². The summed E-state index contributed by atoms with van der Waals surface area (Å²) in [6, 6.07) is 15.9. The van der Waals surface area contributed by atoms with Gasteiger partial charge in [0.15, 0.2) is 0 Å². The molecule has 0 bridgehead atoms. The quantitative estimate of drug-likeness (QED) is 0.441. The number of carbonyl (C=O) groups is 2. The molecule has 2 amide bonds. The van der Waals surface area contributed by atoms with Gasteiger partial charge in [0.25, 0.3) is 5.91 Å². The largest absolute Gasteiger partial charge is 0.439 e. The van der Waals surface area contributed by atoms with Crippen molar-refractivity contribution >= 4 is 35.0 Å². The zero-order chi connectivity index (χ0) is 25.1. The molecule has 2 aromatic heterocycles. The molecule has 1 saturated heterocycles. The fourth-order valence-electron chi connectivity index (χ4n) is 5.03. The molecule has 1 saturated carbocycles.